The van der Waals surface area contributed by atoms with Gasteiger partial charge in [0.15, 0.2) is 27.7 Å². The number of hydrogen-bond donors (Lipinski definition) is 1. The van der Waals surface area contributed by atoms with E-state index in [2.05, 4.69) is 15.6 Å². The van der Waals surface area contributed by atoms with Gasteiger partial charge in [-0.2, -0.15) is 0 Å². The van der Waals surface area contributed by atoms with Gasteiger partial charge in [-0.3, -0.25) is 14.3 Å². The number of rotatable bonds is 8. The summed E-state index contributed by atoms with van der Waals surface area (Å²) in [7, 11) is -4.02. The Bertz CT molecular complexity index is 1440. The summed E-state index contributed by atoms with van der Waals surface area (Å²) in [6, 6.07) is 16.8. The van der Waals surface area contributed by atoms with Gasteiger partial charge >= 0.3 is 5.97 Å². The number of nitrogens with zero attached hydrogens (tertiary/aromatic N) is 4. The van der Waals surface area contributed by atoms with Crippen LogP contribution >= 0.6 is 0 Å². The Labute approximate surface area is 219 Å². The second kappa shape index (κ2) is 9.67. The molecule has 3 atom stereocenters. The van der Waals surface area contributed by atoms with Gasteiger partial charge in [-0.25, -0.2) is 13.2 Å². The van der Waals surface area contributed by atoms with E-state index in [1.807, 2.05) is 60.7 Å². The predicted molar refractivity (Wildman–Crippen MR) is 135 cm³/mol. The number of hydrogen-bond acceptors (Lipinski definition) is 8. The Kier molecular flexibility index (Phi) is 6.51. The SMILES string of the molecule is CCNC(=O)c1cn(C[C@@]2(C)[C@H](C(=O)OC(c3ccccc3)c3ccccc3)N3C(=O)C[C@@H]3S2(=O)=O)nn1. The minimum Gasteiger partial charge on any atom is -0.451 e. The van der Waals surface area contributed by atoms with Crippen molar-refractivity contribution in [1.82, 2.24) is 25.2 Å². The standard InChI is InChI=1S/C26H27N5O6S/c1-3-27-24(33)19-15-30(29-28-19)16-26(2)23(31-20(32)14-21(31)38(26,35)36)25(34)37-22(17-10-6-4-7-11-17)18-12-8-5-9-13-18/h4-13,15,21-23H,3,14,16H2,1-2H3,(H,27,33)/t21-,23-,26-/m0/s1. The van der Waals surface area contributed by atoms with E-state index < -0.39 is 49.9 Å². The molecule has 2 saturated heterocycles. The van der Waals surface area contributed by atoms with Gasteiger partial charge in [0.25, 0.3) is 5.91 Å². The molecule has 1 N–H and O–H groups in total. The van der Waals surface area contributed by atoms with E-state index >= 15 is 0 Å². The second-order valence-corrected chi connectivity index (χ2v) is 12.1. The molecule has 5 rings (SSSR count). The fraction of sp³-hybridized carbons (Fsp3) is 0.346. The molecule has 2 aromatic carbocycles. The number of carbonyl (C=O) groups excluding carboxylic acids is 3. The highest BCUT2D eigenvalue weighted by Gasteiger charge is 2.70. The van der Waals surface area contributed by atoms with E-state index in [1.54, 1.807) is 6.92 Å². The zero-order chi connectivity index (χ0) is 27.1. The molecule has 11 nitrogen and oxygen atoms in total. The fourth-order valence-electron chi connectivity index (χ4n) is 5.09. The molecule has 0 spiro atoms. The van der Waals surface area contributed by atoms with E-state index in [-0.39, 0.29) is 18.7 Å². The van der Waals surface area contributed by atoms with E-state index in [0.29, 0.717) is 17.7 Å². The average molecular weight is 538 g/mol. The van der Waals surface area contributed by atoms with Gasteiger partial charge in [-0.05, 0) is 25.0 Å². The number of carbonyl (C=O) groups is 3. The van der Waals surface area contributed by atoms with E-state index in [9.17, 15) is 22.8 Å². The third-order valence-corrected chi connectivity index (χ3v) is 9.82. The van der Waals surface area contributed by atoms with Crippen molar-refractivity contribution in [1.29, 1.82) is 0 Å². The van der Waals surface area contributed by atoms with Crippen LogP contribution in [-0.4, -0.2) is 68.8 Å². The summed E-state index contributed by atoms with van der Waals surface area (Å²) in [5.74, 6) is -1.74. The Hall–Kier alpha value is -4.06. The highest BCUT2D eigenvalue weighted by Crippen LogP contribution is 2.47. The Balaban J connectivity index is 1.50. The van der Waals surface area contributed by atoms with Crippen molar-refractivity contribution < 1.29 is 27.5 Å². The van der Waals surface area contributed by atoms with Gasteiger partial charge in [-0.15, -0.1) is 5.10 Å². The number of nitrogens with one attached hydrogen (secondary N) is 1. The van der Waals surface area contributed by atoms with Gasteiger partial charge in [0.2, 0.25) is 5.91 Å². The molecule has 2 aliphatic rings. The summed E-state index contributed by atoms with van der Waals surface area (Å²) in [5.41, 5.74) is 1.41. The van der Waals surface area contributed by atoms with Crippen LogP contribution in [0.1, 0.15) is 48.0 Å². The van der Waals surface area contributed by atoms with Crippen LogP contribution in [-0.2, 0) is 30.7 Å². The van der Waals surface area contributed by atoms with Crippen molar-refractivity contribution in [3.8, 4) is 0 Å². The smallest absolute Gasteiger partial charge is 0.331 e. The van der Waals surface area contributed by atoms with Crippen molar-refractivity contribution in [2.24, 2.45) is 0 Å². The van der Waals surface area contributed by atoms with E-state index in [1.165, 1.54) is 17.8 Å². The first-order valence-corrected chi connectivity index (χ1v) is 13.8. The molecule has 2 amide bonds. The topological polar surface area (TPSA) is 141 Å². The molecule has 3 heterocycles. The predicted octanol–water partition coefficient (Wildman–Crippen LogP) is 1.47. The van der Waals surface area contributed by atoms with Crippen LogP contribution in [0.25, 0.3) is 0 Å². The number of ether oxygens (including phenoxy) is 1. The molecule has 198 valence electrons. The maximum Gasteiger partial charge on any atom is 0.331 e. The Morgan fingerprint density at radius 2 is 1.71 bits per heavy atom. The number of aromatic nitrogens is 3. The van der Waals surface area contributed by atoms with Crippen LogP contribution in [0.5, 0.6) is 0 Å². The Morgan fingerprint density at radius 1 is 1.11 bits per heavy atom. The van der Waals surface area contributed by atoms with Crippen molar-refractivity contribution in [2.75, 3.05) is 6.54 Å². The van der Waals surface area contributed by atoms with Crippen LogP contribution in [0.15, 0.2) is 66.9 Å². The lowest BCUT2D eigenvalue weighted by Crippen LogP contribution is -2.58. The number of amides is 2. The van der Waals surface area contributed by atoms with Gasteiger partial charge in [0.05, 0.1) is 19.2 Å². The van der Waals surface area contributed by atoms with Crippen molar-refractivity contribution >= 4 is 27.6 Å². The molecular formula is C26H27N5O6S. The van der Waals surface area contributed by atoms with Gasteiger partial charge < -0.3 is 15.0 Å². The molecule has 2 aliphatic heterocycles. The summed E-state index contributed by atoms with van der Waals surface area (Å²) in [5, 5.41) is 9.23. The van der Waals surface area contributed by atoms with Crippen LogP contribution in [0.3, 0.4) is 0 Å². The van der Waals surface area contributed by atoms with Crippen molar-refractivity contribution in [3.05, 3.63) is 83.7 Å². The Morgan fingerprint density at radius 3 is 2.26 bits per heavy atom. The number of fused-ring (bicyclic) bond motifs is 1. The summed E-state index contributed by atoms with van der Waals surface area (Å²) < 4.78 is 32.8. The lowest BCUT2D eigenvalue weighted by molar-refractivity contribution is -0.164. The maximum atomic E-state index is 13.8. The number of β-lactam (4-membered cyclic amide) rings is 1. The molecule has 0 bridgehead atoms. The molecule has 3 aromatic rings. The zero-order valence-electron chi connectivity index (χ0n) is 20.9. The first-order valence-electron chi connectivity index (χ1n) is 12.2. The molecule has 0 radical (unpaired) electrons. The first kappa shape index (κ1) is 25.6. The minimum atomic E-state index is -4.02. The van der Waals surface area contributed by atoms with Gasteiger partial charge in [0.1, 0.15) is 10.1 Å². The molecule has 1 aromatic heterocycles. The van der Waals surface area contributed by atoms with E-state index in [4.69, 9.17) is 4.74 Å². The quantitative estimate of drug-likeness (QED) is 0.337. The molecule has 2 fully saturated rings. The van der Waals surface area contributed by atoms with Crippen LogP contribution in [0.2, 0.25) is 0 Å². The highest BCUT2D eigenvalue weighted by molar-refractivity contribution is 7.93. The second-order valence-electron chi connectivity index (χ2n) is 9.52. The van der Waals surface area contributed by atoms with Crippen molar-refractivity contribution in [3.63, 3.8) is 0 Å². The summed E-state index contributed by atoms with van der Waals surface area (Å²) in [4.78, 5) is 39.7. The van der Waals surface area contributed by atoms with Crippen LogP contribution < -0.4 is 5.32 Å². The molecule has 12 heteroatoms. The average Bonchev–Trinajstić information content (AvgIpc) is 3.42. The molecule has 0 saturated carbocycles. The minimum absolute atomic E-state index is 0.0116. The van der Waals surface area contributed by atoms with Crippen molar-refractivity contribution in [2.45, 2.75) is 49.1 Å². The van der Waals surface area contributed by atoms with Crippen LogP contribution in [0, 0.1) is 0 Å². The normalized spacial score (nSPS) is 23.6. The largest absolute Gasteiger partial charge is 0.451 e. The summed E-state index contributed by atoms with van der Waals surface area (Å²) in [6.45, 7) is 3.25. The van der Waals surface area contributed by atoms with Gasteiger partial charge in [0, 0.05) is 6.54 Å². The molecular weight excluding hydrogens is 510 g/mol. The molecule has 38 heavy (non-hydrogen) atoms. The summed E-state index contributed by atoms with van der Waals surface area (Å²) in [6.07, 6.45) is 0.301. The van der Waals surface area contributed by atoms with Crippen LogP contribution in [0.4, 0.5) is 0 Å². The maximum absolute atomic E-state index is 13.8. The number of esters is 1. The molecule has 0 aliphatic carbocycles. The highest BCUT2D eigenvalue weighted by atomic mass is 32.2. The molecule has 0 unspecified atom stereocenters. The number of benzene rings is 2. The van der Waals surface area contributed by atoms with Gasteiger partial charge in [-0.1, -0.05) is 65.9 Å². The fourth-order valence-corrected chi connectivity index (χ4v) is 7.44. The number of sulfone groups is 1. The third kappa shape index (κ3) is 4.14. The lowest BCUT2D eigenvalue weighted by atomic mass is 9.95. The zero-order valence-corrected chi connectivity index (χ0v) is 21.7. The monoisotopic (exact) mass is 537 g/mol. The van der Waals surface area contributed by atoms with E-state index in [0.717, 1.165) is 4.90 Å². The summed E-state index contributed by atoms with van der Waals surface area (Å²) >= 11 is 0. The first-order chi connectivity index (χ1) is 18.2. The third-order valence-electron chi connectivity index (χ3n) is 7.06. The lowest BCUT2D eigenvalue weighted by Gasteiger charge is -2.37.